The van der Waals surface area contributed by atoms with Gasteiger partial charge in [-0.2, -0.15) is 0 Å². The molecule has 4 heterocycles. The summed E-state index contributed by atoms with van der Waals surface area (Å²) < 4.78 is 22.6. The molecule has 0 aliphatic carbocycles. The van der Waals surface area contributed by atoms with Crippen molar-refractivity contribution in [2.75, 3.05) is 59.1 Å². The van der Waals surface area contributed by atoms with E-state index in [0.717, 1.165) is 0 Å². The van der Waals surface area contributed by atoms with E-state index < -0.39 is 103 Å². The SMILES string of the molecule is O=C(CN1CC(=O)NCCO[C@@H]2O[C@H](CO)[C@@H](O)[C@H](O)C2[C@@H]2O[C@@H](OCCNC(=O)C1)[C@@H](O)[C@H](O)[C@@H]2O)NCCCCCC(=O)ON1C(=O)CCC1=O. The van der Waals surface area contributed by atoms with E-state index in [4.69, 9.17) is 23.8 Å². The quantitative estimate of drug-likeness (QED) is 0.0738. The van der Waals surface area contributed by atoms with E-state index >= 15 is 0 Å². The Labute approximate surface area is 303 Å². The second kappa shape index (κ2) is 20.3. The molecular formula is C31H49N5O17. The predicted molar refractivity (Wildman–Crippen MR) is 171 cm³/mol. The van der Waals surface area contributed by atoms with E-state index in [2.05, 4.69) is 16.0 Å². The number of carbonyl (C=O) groups excluding carboxylic acids is 6. The van der Waals surface area contributed by atoms with Crippen LogP contribution in [0, 0.1) is 5.92 Å². The summed E-state index contributed by atoms with van der Waals surface area (Å²) in [7, 11) is 0. The lowest BCUT2D eigenvalue weighted by atomic mass is 9.81. The molecule has 9 N–H and O–H groups in total. The van der Waals surface area contributed by atoms with Crippen molar-refractivity contribution in [2.24, 2.45) is 5.92 Å². The van der Waals surface area contributed by atoms with Crippen LogP contribution in [0.25, 0.3) is 0 Å². The number of nitrogens with zero attached hydrogens (tertiary/aromatic N) is 2. The summed E-state index contributed by atoms with van der Waals surface area (Å²) >= 11 is 0. The molecular weight excluding hydrogens is 714 g/mol. The molecule has 0 radical (unpaired) electrons. The molecule has 0 spiro atoms. The third-order valence-electron chi connectivity index (χ3n) is 9.01. The third kappa shape index (κ3) is 11.8. The highest BCUT2D eigenvalue weighted by molar-refractivity contribution is 6.01. The maximum absolute atomic E-state index is 12.8. The van der Waals surface area contributed by atoms with E-state index in [-0.39, 0.29) is 71.7 Å². The van der Waals surface area contributed by atoms with Crippen LogP contribution in [0.1, 0.15) is 38.5 Å². The van der Waals surface area contributed by atoms with Gasteiger partial charge in [-0.1, -0.05) is 6.42 Å². The molecule has 4 aliphatic heterocycles. The summed E-state index contributed by atoms with van der Waals surface area (Å²) in [6.45, 7) is -2.40. The number of carbonyl (C=O) groups is 6. The first-order valence-corrected chi connectivity index (χ1v) is 17.4. The van der Waals surface area contributed by atoms with Gasteiger partial charge in [-0.15, -0.1) is 5.06 Å². The average molecular weight is 764 g/mol. The fraction of sp³-hybridized carbons (Fsp3) is 0.806. The van der Waals surface area contributed by atoms with Crippen molar-refractivity contribution >= 4 is 35.5 Å². The smallest absolute Gasteiger partial charge is 0.333 e. The van der Waals surface area contributed by atoms with Gasteiger partial charge in [0.15, 0.2) is 12.6 Å². The first-order valence-electron chi connectivity index (χ1n) is 17.4. The van der Waals surface area contributed by atoms with Crippen molar-refractivity contribution in [2.45, 2.75) is 93.8 Å². The highest BCUT2D eigenvalue weighted by Gasteiger charge is 2.55. The van der Waals surface area contributed by atoms with Crippen molar-refractivity contribution in [1.29, 1.82) is 0 Å². The molecule has 4 aliphatic rings. The monoisotopic (exact) mass is 763 g/mol. The summed E-state index contributed by atoms with van der Waals surface area (Å²) in [6, 6.07) is 0. The Balaban J connectivity index is 1.30. The first-order chi connectivity index (χ1) is 25.3. The predicted octanol–water partition coefficient (Wildman–Crippen LogP) is -6.29. The lowest BCUT2D eigenvalue weighted by Gasteiger charge is -2.49. The minimum atomic E-state index is -1.83. The summed E-state index contributed by atoms with van der Waals surface area (Å²) in [5.74, 6) is -4.91. The van der Waals surface area contributed by atoms with Gasteiger partial charge in [0, 0.05) is 38.9 Å². The summed E-state index contributed by atoms with van der Waals surface area (Å²) in [6.07, 6.45) is -13.3. The highest BCUT2D eigenvalue weighted by atomic mass is 16.7. The van der Waals surface area contributed by atoms with E-state index in [9.17, 15) is 59.4 Å². The third-order valence-corrected chi connectivity index (χ3v) is 9.01. The largest absolute Gasteiger partial charge is 0.394 e. The average Bonchev–Trinajstić information content (AvgIpc) is 3.43. The maximum Gasteiger partial charge on any atom is 0.333 e. The molecule has 0 aromatic carbocycles. The number of fused-ring (bicyclic) bond motifs is 4. The minimum absolute atomic E-state index is 0.00656. The topological polar surface area (TPSA) is 313 Å². The molecule has 10 atom stereocenters. The van der Waals surface area contributed by atoms with Gasteiger partial charge in [-0.05, 0) is 12.8 Å². The Morgan fingerprint density at radius 1 is 0.774 bits per heavy atom. The number of aliphatic hydroxyl groups is 6. The summed E-state index contributed by atoms with van der Waals surface area (Å²) in [5.41, 5.74) is 0. The number of ether oxygens (including phenoxy) is 4. The fourth-order valence-electron chi connectivity index (χ4n) is 6.21. The van der Waals surface area contributed by atoms with Crippen LogP contribution < -0.4 is 16.0 Å². The molecule has 5 amide bonds. The number of hydrogen-bond acceptors (Lipinski definition) is 18. The first kappa shape index (κ1) is 42.3. The molecule has 0 saturated carbocycles. The molecule has 2 bridgehead atoms. The van der Waals surface area contributed by atoms with Gasteiger partial charge in [-0.3, -0.25) is 28.9 Å². The second-order valence-corrected chi connectivity index (χ2v) is 13.0. The molecule has 0 aromatic rings. The lowest BCUT2D eigenvalue weighted by molar-refractivity contribution is -0.352. The zero-order chi connectivity index (χ0) is 38.7. The van der Waals surface area contributed by atoms with Crippen molar-refractivity contribution in [3.05, 3.63) is 0 Å². The van der Waals surface area contributed by atoms with Crippen LogP contribution in [0.5, 0.6) is 0 Å². The number of amides is 5. The summed E-state index contributed by atoms with van der Waals surface area (Å²) in [5, 5.41) is 71.3. The Bertz CT molecular complexity index is 1280. The van der Waals surface area contributed by atoms with E-state index in [1.807, 2.05) is 0 Å². The zero-order valence-corrected chi connectivity index (χ0v) is 28.9. The number of aliphatic hydroxyl groups excluding tert-OH is 6. The van der Waals surface area contributed by atoms with Crippen LogP contribution in [0.15, 0.2) is 0 Å². The minimum Gasteiger partial charge on any atom is -0.394 e. The molecule has 1 unspecified atom stereocenters. The number of hydroxylamine groups is 2. The van der Waals surface area contributed by atoms with Crippen LogP contribution in [0.2, 0.25) is 0 Å². The maximum atomic E-state index is 12.8. The van der Waals surface area contributed by atoms with Crippen molar-refractivity contribution in [3.8, 4) is 0 Å². The number of unbranched alkanes of at least 4 members (excludes halogenated alkanes) is 2. The molecule has 22 heteroatoms. The van der Waals surface area contributed by atoms with Gasteiger partial charge in [0.25, 0.3) is 11.8 Å². The van der Waals surface area contributed by atoms with E-state index in [1.54, 1.807) is 0 Å². The lowest BCUT2D eigenvalue weighted by Crippen LogP contribution is -2.67. The highest BCUT2D eigenvalue weighted by Crippen LogP contribution is 2.36. The van der Waals surface area contributed by atoms with E-state index in [1.165, 1.54) is 4.90 Å². The molecule has 4 rings (SSSR count). The van der Waals surface area contributed by atoms with Crippen LogP contribution >= 0.6 is 0 Å². The number of imide groups is 1. The fourth-order valence-corrected chi connectivity index (χ4v) is 6.21. The normalized spacial score (nSPS) is 34.0. The molecule has 22 nitrogen and oxygen atoms in total. The Kier molecular flexibility index (Phi) is 16.2. The standard InChI is InChI=1S/C31H49N5O17/c37-15-16-24(44)25(45)23-29-27(47)26(46)28(48)31(52-29)50-11-9-34-19(40)14-35(13-18(39)33-8-10-49-30(23)51-16)12-17(38)32-7-3-1-2-4-22(43)53-36-20(41)5-6-21(36)42/h16,23-31,37,44-48H,1-15H2,(H,32,38)(H,33,39)(H,34,40)/t16-,23?,24-,25-,26-,27+,28+,29+,30-,31-/m1/s1. The molecule has 4 saturated heterocycles. The van der Waals surface area contributed by atoms with Gasteiger partial charge >= 0.3 is 5.97 Å². The number of hydrogen-bond donors (Lipinski definition) is 9. The Morgan fingerprint density at radius 2 is 1.40 bits per heavy atom. The molecule has 4 fully saturated rings. The number of rotatable bonds is 10. The van der Waals surface area contributed by atoms with Gasteiger partial charge in [0.1, 0.15) is 30.5 Å². The second-order valence-electron chi connectivity index (χ2n) is 13.0. The van der Waals surface area contributed by atoms with Gasteiger partial charge in [0.2, 0.25) is 17.7 Å². The molecule has 53 heavy (non-hydrogen) atoms. The van der Waals surface area contributed by atoms with Crippen molar-refractivity contribution < 1.29 is 83.2 Å². The number of nitrogens with one attached hydrogen (secondary N) is 3. The molecule has 300 valence electrons. The van der Waals surface area contributed by atoms with Crippen LogP contribution in [-0.2, 0) is 52.6 Å². The Hall–Kier alpha value is -3.42. The van der Waals surface area contributed by atoms with Crippen LogP contribution in [0.4, 0.5) is 0 Å². The Morgan fingerprint density at radius 3 is 2.02 bits per heavy atom. The van der Waals surface area contributed by atoms with Gasteiger partial charge in [-0.25, -0.2) is 4.79 Å². The van der Waals surface area contributed by atoms with Crippen molar-refractivity contribution in [3.63, 3.8) is 0 Å². The zero-order valence-electron chi connectivity index (χ0n) is 28.9. The van der Waals surface area contributed by atoms with Gasteiger partial charge < -0.3 is 70.4 Å². The van der Waals surface area contributed by atoms with Crippen molar-refractivity contribution in [1.82, 2.24) is 25.9 Å². The molecule has 0 aromatic heterocycles. The van der Waals surface area contributed by atoms with Crippen LogP contribution in [0.3, 0.4) is 0 Å². The summed E-state index contributed by atoms with van der Waals surface area (Å²) in [4.78, 5) is 79.4. The van der Waals surface area contributed by atoms with Crippen LogP contribution in [-0.4, -0.2) is 191 Å². The van der Waals surface area contributed by atoms with E-state index in [0.29, 0.717) is 24.3 Å². The van der Waals surface area contributed by atoms with Gasteiger partial charge in [0.05, 0.1) is 57.6 Å².